The molecule has 0 unspecified atom stereocenters. The van der Waals surface area contributed by atoms with Crippen LogP contribution < -0.4 is 19.9 Å². The maximum absolute atomic E-state index is 9.27. The Morgan fingerprint density at radius 3 is 2.82 bits per heavy atom. The van der Waals surface area contributed by atoms with Gasteiger partial charge in [-0.2, -0.15) is 15.2 Å². The first-order chi connectivity index (χ1) is 18.6. The van der Waals surface area contributed by atoms with Gasteiger partial charge in [-0.1, -0.05) is 35.9 Å². The molecule has 3 aromatic rings. The third-order valence-electron chi connectivity index (χ3n) is 8.16. The Kier molecular flexibility index (Phi) is 7.24. The van der Waals surface area contributed by atoms with E-state index in [4.69, 9.17) is 26.3 Å². The predicted molar refractivity (Wildman–Crippen MR) is 151 cm³/mol. The second-order valence-corrected chi connectivity index (χ2v) is 11.0. The third kappa shape index (κ3) is 4.98. The van der Waals surface area contributed by atoms with Crippen molar-refractivity contribution in [1.29, 1.82) is 5.26 Å². The molecule has 38 heavy (non-hydrogen) atoms. The number of nitriles is 1. The minimum absolute atomic E-state index is 0.133. The van der Waals surface area contributed by atoms with E-state index >= 15 is 0 Å². The number of benzene rings is 2. The van der Waals surface area contributed by atoms with E-state index in [1.807, 2.05) is 12.1 Å². The number of hydrogen-bond donors (Lipinski definition) is 1. The monoisotopic (exact) mass is 531 g/mol. The van der Waals surface area contributed by atoms with Gasteiger partial charge < -0.3 is 24.8 Å². The third-order valence-corrected chi connectivity index (χ3v) is 8.48. The molecule has 198 valence electrons. The van der Waals surface area contributed by atoms with Gasteiger partial charge in [0.1, 0.15) is 12.4 Å². The highest BCUT2D eigenvalue weighted by molar-refractivity contribution is 6.36. The summed E-state index contributed by atoms with van der Waals surface area (Å²) in [5.41, 5.74) is 3.33. The first kappa shape index (κ1) is 25.2. The van der Waals surface area contributed by atoms with Crippen LogP contribution in [0.25, 0.3) is 10.8 Å². The normalized spacial score (nSPS) is 21.9. The summed E-state index contributed by atoms with van der Waals surface area (Å²) in [7, 11) is 2.16. The standard InChI is InChI=1S/C29H34ClN7O/c1-35-14-4-7-22(35)19-38-29-33-25-18-36(26-9-3-6-20-5-2-8-24(30)27(20)26)15-11-23(25)28(34-29)37-16-13-32-21(17-37)10-12-31/h2-3,5-6,8-9,21-22,32H,4,7,10-11,13-19H2,1H3/t21-,22-/m0/s1. The summed E-state index contributed by atoms with van der Waals surface area (Å²) in [6.45, 7) is 5.65. The Morgan fingerprint density at radius 1 is 1.13 bits per heavy atom. The zero-order chi connectivity index (χ0) is 26.1. The molecule has 1 aromatic heterocycles. The largest absolute Gasteiger partial charge is 0.462 e. The fourth-order valence-corrected chi connectivity index (χ4v) is 6.36. The van der Waals surface area contributed by atoms with Gasteiger partial charge in [0, 0.05) is 54.9 Å². The molecule has 0 spiro atoms. The number of likely N-dealkylation sites (tertiary alicyclic amines) is 1. The summed E-state index contributed by atoms with van der Waals surface area (Å²) >= 11 is 6.68. The number of rotatable bonds is 6. The number of anilines is 2. The molecule has 1 N–H and O–H groups in total. The predicted octanol–water partition coefficient (Wildman–Crippen LogP) is 4.01. The quantitative estimate of drug-likeness (QED) is 0.511. The molecule has 2 fully saturated rings. The van der Waals surface area contributed by atoms with Crippen molar-refractivity contribution in [2.24, 2.45) is 0 Å². The van der Waals surface area contributed by atoms with Crippen molar-refractivity contribution in [2.45, 2.75) is 44.3 Å². The molecule has 0 amide bonds. The van der Waals surface area contributed by atoms with Crippen molar-refractivity contribution in [3.8, 4) is 12.1 Å². The molecular weight excluding hydrogens is 498 g/mol. The van der Waals surface area contributed by atoms with Crippen molar-refractivity contribution in [3.05, 3.63) is 52.7 Å². The van der Waals surface area contributed by atoms with Crippen LogP contribution in [0.3, 0.4) is 0 Å². The van der Waals surface area contributed by atoms with Crippen LogP contribution in [0.5, 0.6) is 6.01 Å². The average molecular weight is 532 g/mol. The van der Waals surface area contributed by atoms with Crippen LogP contribution in [0, 0.1) is 11.3 Å². The van der Waals surface area contributed by atoms with Gasteiger partial charge in [-0.25, -0.2) is 0 Å². The number of halogens is 1. The number of likely N-dealkylation sites (N-methyl/N-ethyl adjacent to an activating group) is 1. The van der Waals surface area contributed by atoms with Gasteiger partial charge in [0.05, 0.1) is 29.8 Å². The number of hydrogen-bond acceptors (Lipinski definition) is 8. The highest BCUT2D eigenvalue weighted by Crippen LogP contribution is 2.37. The average Bonchev–Trinajstić information content (AvgIpc) is 3.35. The summed E-state index contributed by atoms with van der Waals surface area (Å²) < 4.78 is 6.26. The van der Waals surface area contributed by atoms with E-state index in [9.17, 15) is 5.26 Å². The van der Waals surface area contributed by atoms with Gasteiger partial charge in [0.25, 0.3) is 0 Å². The first-order valence-electron chi connectivity index (χ1n) is 13.6. The lowest BCUT2D eigenvalue weighted by atomic mass is 10.0. The van der Waals surface area contributed by atoms with Crippen molar-refractivity contribution in [1.82, 2.24) is 20.2 Å². The lowest BCUT2D eigenvalue weighted by molar-refractivity contribution is 0.187. The second-order valence-electron chi connectivity index (χ2n) is 10.6. The van der Waals surface area contributed by atoms with E-state index in [0.717, 1.165) is 78.6 Å². The summed E-state index contributed by atoms with van der Waals surface area (Å²) in [5, 5.41) is 15.7. The van der Waals surface area contributed by atoms with Gasteiger partial charge >= 0.3 is 6.01 Å². The molecular formula is C29H34ClN7O. The number of ether oxygens (including phenoxy) is 1. The van der Waals surface area contributed by atoms with Crippen LogP contribution in [0.4, 0.5) is 11.5 Å². The number of nitrogens with zero attached hydrogens (tertiary/aromatic N) is 6. The summed E-state index contributed by atoms with van der Waals surface area (Å²) in [4.78, 5) is 17.0. The topological polar surface area (TPSA) is 80.5 Å². The number of piperazine rings is 1. The van der Waals surface area contributed by atoms with E-state index in [2.05, 4.69) is 57.4 Å². The molecule has 0 aliphatic carbocycles. The Bertz CT molecular complexity index is 1350. The zero-order valence-corrected chi connectivity index (χ0v) is 22.6. The molecule has 3 aliphatic rings. The summed E-state index contributed by atoms with van der Waals surface area (Å²) in [5.74, 6) is 0.963. The van der Waals surface area contributed by atoms with Gasteiger partial charge in [-0.05, 0) is 50.4 Å². The van der Waals surface area contributed by atoms with Crippen LogP contribution in [0.1, 0.15) is 30.5 Å². The van der Waals surface area contributed by atoms with Gasteiger partial charge in [-0.15, -0.1) is 0 Å². The first-order valence-corrected chi connectivity index (χ1v) is 14.0. The van der Waals surface area contributed by atoms with Crippen molar-refractivity contribution in [2.75, 3.05) is 56.2 Å². The van der Waals surface area contributed by atoms with E-state index < -0.39 is 0 Å². The Balaban J connectivity index is 1.34. The Hall–Kier alpha value is -3.12. The van der Waals surface area contributed by atoms with Crippen LogP contribution in [-0.4, -0.2) is 73.3 Å². The molecule has 0 saturated carbocycles. The summed E-state index contributed by atoms with van der Waals surface area (Å²) in [6, 6.07) is 15.7. The minimum atomic E-state index is 0.133. The Labute approximate surface area is 229 Å². The van der Waals surface area contributed by atoms with E-state index in [1.165, 1.54) is 12.0 Å². The number of aromatic nitrogens is 2. The SMILES string of the molecule is CN1CCC[C@H]1COc1nc2c(c(N3CCN[C@@H](CC#N)C3)n1)CCN(c1cccc3cccc(Cl)c13)C2. The Morgan fingerprint density at radius 2 is 2.00 bits per heavy atom. The van der Waals surface area contributed by atoms with Gasteiger partial charge in [-0.3, -0.25) is 0 Å². The van der Waals surface area contributed by atoms with E-state index in [1.54, 1.807) is 0 Å². The molecule has 0 radical (unpaired) electrons. The summed E-state index contributed by atoms with van der Waals surface area (Å²) in [6.07, 6.45) is 3.66. The van der Waals surface area contributed by atoms with Crippen LogP contribution in [-0.2, 0) is 13.0 Å². The molecule has 6 rings (SSSR count). The highest BCUT2D eigenvalue weighted by Gasteiger charge is 2.30. The lowest BCUT2D eigenvalue weighted by Gasteiger charge is -2.37. The molecule has 2 aromatic carbocycles. The smallest absolute Gasteiger partial charge is 0.318 e. The lowest BCUT2D eigenvalue weighted by Crippen LogP contribution is -2.51. The van der Waals surface area contributed by atoms with Crippen LogP contribution in [0.15, 0.2) is 36.4 Å². The molecule has 2 atom stereocenters. The fourth-order valence-electron chi connectivity index (χ4n) is 6.09. The van der Waals surface area contributed by atoms with E-state index in [0.29, 0.717) is 31.6 Å². The molecule has 9 heteroatoms. The molecule has 2 saturated heterocycles. The zero-order valence-electron chi connectivity index (χ0n) is 21.9. The van der Waals surface area contributed by atoms with Crippen LogP contribution in [0.2, 0.25) is 5.02 Å². The molecule has 4 heterocycles. The van der Waals surface area contributed by atoms with Crippen molar-refractivity contribution in [3.63, 3.8) is 0 Å². The molecule has 0 bridgehead atoms. The van der Waals surface area contributed by atoms with Gasteiger partial charge in [0.2, 0.25) is 0 Å². The maximum Gasteiger partial charge on any atom is 0.318 e. The molecule has 8 nitrogen and oxygen atoms in total. The van der Waals surface area contributed by atoms with E-state index in [-0.39, 0.29) is 6.04 Å². The second kappa shape index (κ2) is 10.9. The van der Waals surface area contributed by atoms with Crippen molar-refractivity contribution < 1.29 is 4.74 Å². The van der Waals surface area contributed by atoms with Crippen LogP contribution >= 0.6 is 11.6 Å². The number of fused-ring (bicyclic) bond motifs is 2. The fraction of sp³-hybridized carbons (Fsp3) is 0.483. The van der Waals surface area contributed by atoms with Crippen molar-refractivity contribution >= 4 is 33.9 Å². The number of nitrogens with one attached hydrogen (secondary N) is 1. The molecule has 3 aliphatic heterocycles. The van der Waals surface area contributed by atoms with Gasteiger partial charge in [0.15, 0.2) is 0 Å². The minimum Gasteiger partial charge on any atom is -0.462 e. The maximum atomic E-state index is 9.27. The highest BCUT2D eigenvalue weighted by atomic mass is 35.5.